The molecular weight excluding hydrogens is 482 g/mol. The number of benzene rings is 2. The minimum Gasteiger partial charge on any atom is -0.497 e. The number of carbonyl (C=O) groups excluding carboxylic acids is 3. The number of anilines is 1. The molecule has 2 N–H and O–H groups in total. The highest BCUT2D eigenvalue weighted by atomic mass is 16.6. The van der Waals surface area contributed by atoms with E-state index in [0.717, 1.165) is 5.56 Å². The molecule has 0 saturated carbocycles. The molecule has 0 radical (unpaired) electrons. The van der Waals surface area contributed by atoms with Crippen molar-refractivity contribution in [2.45, 2.75) is 85.5 Å². The van der Waals surface area contributed by atoms with Crippen molar-refractivity contribution in [2.75, 3.05) is 12.4 Å². The Bertz CT molecular complexity index is 1110. The zero-order chi connectivity index (χ0) is 28.8. The molecule has 8 nitrogen and oxygen atoms in total. The van der Waals surface area contributed by atoms with E-state index in [2.05, 4.69) is 10.6 Å². The van der Waals surface area contributed by atoms with Crippen LogP contribution in [0.3, 0.4) is 0 Å². The monoisotopic (exact) mass is 525 g/mol. The van der Waals surface area contributed by atoms with Gasteiger partial charge < -0.3 is 25.0 Å². The van der Waals surface area contributed by atoms with Gasteiger partial charge in [-0.1, -0.05) is 38.1 Å². The average Bonchev–Trinajstić information content (AvgIpc) is 2.79. The van der Waals surface area contributed by atoms with E-state index in [0.29, 0.717) is 17.0 Å². The smallest absolute Gasteiger partial charge is 0.408 e. The number of ether oxygens (including phenoxy) is 2. The van der Waals surface area contributed by atoms with Crippen LogP contribution in [-0.2, 0) is 14.3 Å². The molecule has 0 aromatic heterocycles. The minimum atomic E-state index is -0.965. The third-order valence-corrected chi connectivity index (χ3v) is 5.91. The van der Waals surface area contributed by atoms with Crippen LogP contribution in [-0.4, -0.2) is 47.1 Å². The Kier molecular flexibility index (Phi) is 9.95. The highest BCUT2D eigenvalue weighted by molar-refractivity contribution is 5.99. The number of methoxy groups -OCH3 is 1. The molecule has 2 atom stereocenters. The van der Waals surface area contributed by atoms with E-state index in [9.17, 15) is 14.4 Å². The standard InChI is InChI=1S/C30H43N3O5/c1-19(2)24(32-28(36)38-30(7,8)9)27(35)33(29(4,5)6)25(23-14-12-11-13-20(23)3)26(34)31-21-15-17-22(37-10)18-16-21/h11-19,24-25H,1-10H3,(H,31,34)(H,32,36). The van der Waals surface area contributed by atoms with Gasteiger partial charge >= 0.3 is 6.09 Å². The van der Waals surface area contributed by atoms with Crippen LogP contribution >= 0.6 is 0 Å². The molecule has 8 heteroatoms. The number of alkyl carbamates (subject to hydrolysis) is 1. The molecule has 2 unspecified atom stereocenters. The van der Waals surface area contributed by atoms with Gasteiger partial charge in [-0.15, -0.1) is 0 Å². The summed E-state index contributed by atoms with van der Waals surface area (Å²) in [5, 5.41) is 5.72. The molecular formula is C30H43N3O5. The summed E-state index contributed by atoms with van der Waals surface area (Å²) in [7, 11) is 1.57. The normalized spacial score (nSPS) is 13.3. The number of amides is 3. The van der Waals surface area contributed by atoms with Crippen molar-refractivity contribution in [3.8, 4) is 5.75 Å². The van der Waals surface area contributed by atoms with Crippen LogP contribution in [0.2, 0.25) is 0 Å². The highest BCUT2D eigenvalue weighted by Gasteiger charge is 2.43. The molecule has 0 bridgehead atoms. The summed E-state index contributed by atoms with van der Waals surface area (Å²) in [6.07, 6.45) is -0.687. The van der Waals surface area contributed by atoms with E-state index in [-0.39, 0.29) is 17.7 Å². The number of hydrogen-bond acceptors (Lipinski definition) is 5. The van der Waals surface area contributed by atoms with Crippen LogP contribution in [0.15, 0.2) is 48.5 Å². The van der Waals surface area contributed by atoms with Crippen LogP contribution in [0.5, 0.6) is 5.75 Å². The molecule has 0 aliphatic rings. The van der Waals surface area contributed by atoms with Crippen molar-refractivity contribution in [1.29, 1.82) is 0 Å². The number of nitrogens with one attached hydrogen (secondary N) is 2. The predicted octanol–water partition coefficient (Wildman–Crippen LogP) is 5.86. The van der Waals surface area contributed by atoms with Crippen LogP contribution < -0.4 is 15.4 Å². The first-order chi connectivity index (χ1) is 17.5. The van der Waals surface area contributed by atoms with E-state index in [1.807, 2.05) is 65.8 Å². The zero-order valence-electron chi connectivity index (χ0n) is 24.3. The van der Waals surface area contributed by atoms with E-state index in [1.165, 1.54) is 0 Å². The maximum atomic E-state index is 14.3. The van der Waals surface area contributed by atoms with Gasteiger partial charge in [-0.25, -0.2) is 4.79 Å². The molecule has 208 valence electrons. The molecule has 2 aromatic rings. The minimum absolute atomic E-state index is 0.262. The lowest BCUT2D eigenvalue weighted by molar-refractivity contribution is -0.147. The first-order valence-corrected chi connectivity index (χ1v) is 12.9. The molecule has 0 saturated heterocycles. The summed E-state index contributed by atoms with van der Waals surface area (Å²) in [6, 6.07) is 12.6. The fourth-order valence-corrected chi connectivity index (χ4v) is 4.12. The fraction of sp³-hybridized carbons (Fsp3) is 0.500. The Labute approximate surface area is 227 Å². The second-order valence-corrected chi connectivity index (χ2v) is 11.7. The number of rotatable bonds is 8. The van der Waals surface area contributed by atoms with Crippen molar-refractivity contribution >= 4 is 23.6 Å². The van der Waals surface area contributed by atoms with Gasteiger partial charge in [0, 0.05) is 11.2 Å². The molecule has 0 heterocycles. The van der Waals surface area contributed by atoms with Gasteiger partial charge in [0.1, 0.15) is 23.4 Å². The second-order valence-electron chi connectivity index (χ2n) is 11.7. The Morgan fingerprint density at radius 2 is 1.47 bits per heavy atom. The van der Waals surface area contributed by atoms with Crippen molar-refractivity contribution in [3.63, 3.8) is 0 Å². The summed E-state index contributed by atoms with van der Waals surface area (Å²) in [5.74, 6) is -0.344. The van der Waals surface area contributed by atoms with Crippen molar-refractivity contribution < 1.29 is 23.9 Å². The van der Waals surface area contributed by atoms with Crippen LogP contribution in [0, 0.1) is 12.8 Å². The third kappa shape index (κ3) is 8.23. The largest absolute Gasteiger partial charge is 0.497 e. The molecule has 2 rings (SSSR count). The lowest BCUT2D eigenvalue weighted by Crippen LogP contribution is -2.59. The van der Waals surface area contributed by atoms with Gasteiger partial charge in [-0.2, -0.15) is 0 Å². The molecule has 2 aromatic carbocycles. The van der Waals surface area contributed by atoms with E-state index in [1.54, 1.807) is 57.0 Å². The maximum absolute atomic E-state index is 14.3. The highest BCUT2D eigenvalue weighted by Crippen LogP contribution is 2.33. The molecule has 38 heavy (non-hydrogen) atoms. The van der Waals surface area contributed by atoms with Gasteiger partial charge in [-0.3, -0.25) is 9.59 Å². The lowest BCUT2D eigenvalue weighted by Gasteiger charge is -2.44. The van der Waals surface area contributed by atoms with E-state index in [4.69, 9.17) is 9.47 Å². The molecule has 0 fully saturated rings. The van der Waals surface area contributed by atoms with Crippen LogP contribution in [0.1, 0.15) is 72.6 Å². The Morgan fingerprint density at radius 3 is 1.95 bits per heavy atom. The molecule has 3 amide bonds. The summed E-state index contributed by atoms with van der Waals surface area (Å²) in [4.78, 5) is 42.5. The second kappa shape index (κ2) is 12.3. The first-order valence-electron chi connectivity index (χ1n) is 12.9. The number of nitrogens with zero attached hydrogens (tertiary/aromatic N) is 1. The number of carbonyl (C=O) groups is 3. The Hall–Kier alpha value is -3.55. The maximum Gasteiger partial charge on any atom is 0.408 e. The van der Waals surface area contributed by atoms with Crippen molar-refractivity contribution in [3.05, 3.63) is 59.7 Å². The van der Waals surface area contributed by atoms with Gasteiger partial charge in [-0.05, 0) is 89.8 Å². The quantitative estimate of drug-likeness (QED) is 0.450. The van der Waals surface area contributed by atoms with Gasteiger partial charge in [0.25, 0.3) is 5.91 Å². The number of aryl methyl sites for hydroxylation is 1. The Balaban J connectivity index is 2.57. The van der Waals surface area contributed by atoms with Crippen LogP contribution in [0.25, 0.3) is 0 Å². The van der Waals surface area contributed by atoms with Gasteiger partial charge in [0.2, 0.25) is 5.91 Å². The predicted molar refractivity (Wildman–Crippen MR) is 150 cm³/mol. The third-order valence-electron chi connectivity index (χ3n) is 5.91. The van der Waals surface area contributed by atoms with Gasteiger partial charge in [0.05, 0.1) is 7.11 Å². The average molecular weight is 526 g/mol. The first kappa shape index (κ1) is 30.7. The summed E-state index contributed by atoms with van der Waals surface area (Å²) >= 11 is 0. The molecule has 0 spiro atoms. The van der Waals surface area contributed by atoms with Crippen LogP contribution in [0.4, 0.5) is 10.5 Å². The summed E-state index contributed by atoms with van der Waals surface area (Å²) in [6.45, 7) is 16.5. The summed E-state index contributed by atoms with van der Waals surface area (Å²) < 4.78 is 10.7. The van der Waals surface area contributed by atoms with Crippen molar-refractivity contribution in [1.82, 2.24) is 10.2 Å². The SMILES string of the molecule is COc1ccc(NC(=O)C(c2ccccc2C)N(C(=O)C(NC(=O)OC(C)(C)C)C(C)C)C(C)(C)C)cc1. The summed E-state index contributed by atoms with van der Waals surface area (Å²) in [5.41, 5.74) is 0.639. The Morgan fingerprint density at radius 1 is 0.895 bits per heavy atom. The molecule has 0 aliphatic carbocycles. The van der Waals surface area contributed by atoms with E-state index < -0.39 is 29.3 Å². The van der Waals surface area contributed by atoms with Crippen molar-refractivity contribution in [2.24, 2.45) is 5.92 Å². The fourth-order valence-electron chi connectivity index (χ4n) is 4.12. The van der Waals surface area contributed by atoms with Gasteiger partial charge in [0.15, 0.2) is 0 Å². The molecule has 0 aliphatic heterocycles. The topological polar surface area (TPSA) is 97.0 Å². The number of hydrogen-bond donors (Lipinski definition) is 2. The zero-order valence-corrected chi connectivity index (χ0v) is 24.3. The lowest BCUT2D eigenvalue weighted by atomic mass is 9.91. The van der Waals surface area contributed by atoms with E-state index >= 15 is 0 Å².